The first-order valence-corrected chi connectivity index (χ1v) is 9.94. The van der Waals surface area contributed by atoms with Gasteiger partial charge in [-0.05, 0) is 17.9 Å². The molecule has 3 rings (SSSR count). The van der Waals surface area contributed by atoms with Crippen LogP contribution in [0.15, 0.2) is 36.4 Å². The number of hydrogen-bond donors (Lipinski definition) is 1. The number of rotatable bonds is 5. The van der Waals surface area contributed by atoms with Crippen LogP contribution in [-0.4, -0.2) is 61.5 Å². The second-order valence-corrected chi connectivity index (χ2v) is 8.55. The molecule has 1 aliphatic heterocycles. The average Bonchev–Trinajstić information content (AvgIpc) is 2.98. The number of hydrogen-bond acceptors (Lipinski definition) is 5. The third-order valence-corrected chi connectivity index (χ3v) is 6.35. The van der Waals surface area contributed by atoms with Crippen LogP contribution < -0.4 is 4.74 Å². The van der Waals surface area contributed by atoms with Crippen LogP contribution in [0.2, 0.25) is 0 Å². The van der Waals surface area contributed by atoms with Crippen molar-refractivity contribution in [1.82, 2.24) is 4.90 Å². The molecule has 0 spiro atoms. The molecule has 1 heterocycles. The van der Waals surface area contributed by atoms with Gasteiger partial charge in [-0.3, -0.25) is 4.79 Å². The number of likely N-dealkylation sites (N-methyl/N-ethyl adjacent to an activating group) is 1. The second-order valence-electron chi connectivity index (χ2n) is 6.32. The lowest BCUT2D eigenvalue weighted by molar-refractivity contribution is -0.133. The van der Waals surface area contributed by atoms with Crippen molar-refractivity contribution in [2.45, 2.75) is 12.5 Å². The van der Waals surface area contributed by atoms with Gasteiger partial charge in [-0.2, -0.15) is 0 Å². The number of carbonyl (C=O) groups is 2. The number of aromatic carboxylic acids is 1. The highest BCUT2D eigenvalue weighted by atomic mass is 32.2. The third kappa shape index (κ3) is 3.65. The summed E-state index contributed by atoms with van der Waals surface area (Å²) < 4.78 is 28.7. The van der Waals surface area contributed by atoms with Crippen LogP contribution in [0.25, 0.3) is 10.8 Å². The first-order valence-electron chi connectivity index (χ1n) is 8.12. The SMILES string of the molecule is CN(C(=O)COc1c(C(=O)O)ccc2ccccc12)C1CCS(=O)(=O)C1. The molecule has 138 valence electrons. The number of fused-ring (bicyclic) bond motifs is 1. The van der Waals surface area contributed by atoms with Gasteiger partial charge in [0.15, 0.2) is 16.4 Å². The standard InChI is InChI=1S/C18H19NO6S/c1-19(13-8-9-26(23,24)11-13)16(20)10-25-17-14-5-3-2-4-12(14)6-7-15(17)18(21)22/h2-7,13H,8-11H2,1H3,(H,21,22). The Balaban J connectivity index is 1.80. The zero-order chi connectivity index (χ0) is 18.9. The summed E-state index contributed by atoms with van der Waals surface area (Å²) in [5, 5.41) is 10.8. The van der Waals surface area contributed by atoms with Crippen molar-refractivity contribution in [1.29, 1.82) is 0 Å². The van der Waals surface area contributed by atoms with Crippen LogP contribution in [0.3, 0.4) is 0 Å². The minimum absolute atomic E-state index is 0.0254. The van der Waals surface area contributed by atoms with E-state index in [1.165, 1.54) is 11.0 Å². The summed E-state index contributed by atoms with van der Waals surface area (Å²) in [4.78, 5) is 25.2. The van der Waals surface area contributed by atoms with Gasteiger partial charge in [0.25, 0.3) is 5.91 Å². The number of benzene rings is 2. The first-order chi connectivity index (χ1) is 12.3. The average molecular weight is 377 g/mol. The van der Waals surface area contributed by atoms with Gasteiger partial charge in [-0.15, -0.1) is 0 Å². The molecule has 1 unspecified atom stereocenters. The van der Waals surface area contributed by atoms with E-state index in [1.54, 1.807) is 25.2 Å². The molecule has 1 aliphatic rings. The molecule has 0 saturated carbocycles. The molecule has 0 aliphatic carbocycles. The van der Waals surface area contributed by atoms with E-state index in [-0.39, 0.29) is 35.5 Å². The fourth-order valence-corrected chi connectivity index (χ4v) is 4.86. The summed E-state index contributed by atoms with van der Waals surface area (Å²) in [6, 6.07) is 9.90. The summed E-state index contributed by atoms with van der Waals surface area (Å²) in [6.45, 7) is -0.360. The zero-order valence-electron chi connectivity index (χ0n) is 14.2. The molecular formula is C18H19NO6S. The molecule has 1 amide bonds. The molecule has 26 heavy (non-hydrogen) atoms. The Hall–Kier alpha value is -2.61. The molecule has 0 aromatic heterocycles. The fourth-order valence-electron chi connectivity index (χ4n) is 3.09. The maximum atomic E-state index is 12.4. The maximum absolute atomic E-state index is 12.4. The quantitative estimate of drug-likeness (QED) is 0.849. The summed E-state index contributed by atoms with van der Waals surface area (Å²) in [7, 11) is -1.56. The Morgan fingerprint density at radius 1 is 1.23 bits per heavy atom. The number of carboxylic acids is 1. The predicted molar refractivity (Wildman–Crippen MR) is 96.2 cm³/mol. The molecule has 1 N–H and O–H groups in total. The summed E-state index contributed by atoms with van der Waals surface area (Å²) in [6.07, 6.45) is 0.402. The van der Waals surface area contributed by atoms with Crippen molar-refractivity contribution in [3.63, 3.8) is 0 Å². The Bertz CT molecular complexity index is 969. The Morgan fingerprint density at radius 2 is 1.96 bits per heavy atom. The van der Waals surface area contributed by atoms with Crippen molar-refractivity contribution >= 4 is 32.5 Å². The topological polar surface area (TPSA) is 101 Å². The van der Waals surface area contributed by atoms with Gasteiger partial charge in [0.2, 0.25) is 0 Å². The number of carboxylic acid groups (broad SMARTS) is 1. The highest BCUT2D eigenvalue weighted by Gasteiger charge is 2.33. The van der Waals surface area contributed by atoms with E-state index in [0.717, 1.165) is 5.39 Å². The molecule has 0 radical (unpaired) electrons. The molecular weight excluding hydrogens is 358 g/mol. The summed E-state index contributed by atoms with van der Waals surface area (Å²) in [5.74, 6) is -1.38. The second kappa shape index (κ2) is 6.95. The van der Waals surface area contributed by atoms with E-state index in [2.05, 4.69) is 0 Å². The van der Waals surface area contributed by atoms with Crippen molar-refractivity contribution in [2.24, 2.45) is 0 Å². The number of ether oxygens (including phenoxy) is 1. The highest BCUT2D eigenvalue weighted by molar-refractivity contribution is 7.91. The third-order valence-electron chi connectivity index (χ3n) is 4.60. The van der Waals surface area contributed by atoms with E-state index < -0.39 is 21.7 Å². The number of nitrogens with zero attached hydrogens (tertiary/aromatic N) is 1. The summed E-state index contributed by atoms with van der Waals surface area (Å²) in [5.41, 5.74) is -0.0254. The molecule has 7 nitrogen and oxygen atoms in total. The molecule has 8 heteroatoms. The highest BCUT2D eigenvalue weighted by Crippen LogP contribution is 2.30. The fraction of sp³-hybridized carbons (Fsp3) is 0.333. The van der Waals surface area contributed by atoms with Gasteiger partial charge in [-0.25, -0.2) is 13.2 Å². The van der Waals surface area contributed by atoms with Crippen molar-refractivity contribution in [3.8, 4) is 5.75 Å². The van der Waals surface area contributed by atoms with Crippen molar-refractivity contribution in [2.75, 3.05) is 25.2 Å². The van der Waals surface area contributed by atoms with E-state index in [1.807, 2.05) is 12.1 Å². The van der Waals surface area contributed by atoms with Gasteiger partial charge in [0.1, 0.15) is 11.3 Å². The van der Waals surface area contributed by atoms with Crippen molar-refractivity contribution < 1.29 is 27.9 Å². The lowest BCUT2D eigenvalue weighted by atomic mass is 10.1. The Kier molecular flexibility index (Phi) is 4.86. The van der Waals surface area contributed by atoms with Crippen LogP contribution in [0.5, 0.6) is 5.75 Å². The van der Waals surface area contributed by atoms with Crippen LogP contribution in [0.1, 0.15) is 16.8 Å². The molecule has 1 atom stereocenters. The molecule has 1 fully saturated rings. The summed E-state index contributed by atoms with van der Waals surface area (Å²) >= 11 is 0. The Labute approximate surface area is 151 Å². The number of sulfone groups is 1. The lowest BCUT2D eigenvalue weighted by Gasteiger charge is -2.23. The van der Waals surface area contributed by atoms with Crippen molar-refractivity contribution in [3.05, 3.63) is 42.0 Å². The molecule has 2 aromatic rings. The van der Waals surface area contributed by atoms with Crippen LogP contribution >= 0.6 is 0 Å². The molecule has 1 saturated heterocycles. The minimum Gasteiger partial charge on any atom is -0.482 e. The smallest absolute Gasteiger partial charge is 0.339 e. The lowest BCUT2D eigenvalue weighted by Crippen LogP contribution is -2.40. The Morgan fingerprint density at radius 3 is 2.62 bits per heavy atom. The van der Waals surface area contributed by atoms with Crippen LogP contribution in [0.4, 0.5) is 0 Å². The van der Waals surface area contributed by atoms with Gasteiger partial charge < -0.3 is 14.7 Å². The molecule has 0 bridgehead atoms. The monoisotopic (exact) mass is 377 g/mol. The normalized spacial score (nSPS) is 18.6. The molecule has 2 aromatic carbocycles. The number of amides is 1. The van der Waals surface area contributed by atoms with Gasteiger partial charge in [-0.1, -0.05) is 30.3 Å². The van der Waals surface area contributed by atoms with Crippen LogP contribution in [-0.2, 0) is 14.6 Å². The first kappa shape index (κ1) is 18.2. The largest absolute Gasteiger partial charge is 0.482 e. The van der Waals surface area contributed by atoms with E-state index in [9.17, 15) is 23.1 Å². The van der Waals surface area contributed by atoms with Gasteiger partial charge in [0.05, 0.1) is 11.5 Å². The van der Waals surface area contributed by atoms with Crippen LogP contribution in [0, 0.1) is 0 Å². The zero-order valence-corrected chi connectivity index (χ0v) is 15.0. The van der Waals surface area contributed by atoms with E-state index in [4.69, 9.17) is 4.74 Å². The minimum atomic E-state index is -3.10. The predicted octanol–water partition coefficient (Wildman–Crippen LogP) is 1.56. The van der Waals surface area contributed by atoms with E-state index in [0.29, 0.717) is 11.8 Å². The maximum Gasteiger partial charge on any atom is 0.339 e. The van der Waals surface area contributed by atoms with Gasteiger partial charge in [0, 0.05) is 18.5 Å². The van der Waals surface area contributed by atoms with Gasteiger partial charge >= 0.3 is 5.97 Å². The van der Waals surface area contributed by atoms with E-state index >= 15 is 0 Å². The number of carbonyl (C=O) groups excluding carboxylic acids is 1.